The quantitative estimate of drug-likeness (QED) is 0.236. The minimum atomic E-state index is -0.00694. The first kappa shape index (κ1) is 6.98. The molecule has 5 nitrogen and oxygen atoms in total. The van der Waals surface area contributed by atoms with Crippen LogP contribution in [0.25, 0.3) is 0 Å². The average molecular weight is 141 g/mol. The van der Waals surface area contributed by atoms with Crippen molar-refractivity contribution in [1.29, 1.82) is 5.41 Å². The summed E-state index contributed by atoms with van der Waals surface area (Å²) in [5.74, 6) is -0.00694. The summed E-state index contributed by atoms with van der Waals surface area (Å²) >= 11 is 0. The predicted octanol–water partition coefficient (Wildman–Crippen LogP) is 0.967. The van der Waals surface area contributed by atoms with Crippen LogP contribution in [0.5, 0.6) is 0 Å². The van der Waals surface area contributed by atoms with Crippen LogP contribution < -0.4 is 0 Å². The van der Waals surface area contributed by atoms with E-state index in [9.17, 15) is 5.21 Å². The molecule has 0 atom stereocenters. The summed E-state index contributed by atoms with van der Waals surface area (Å²) in [6.45, 7) is 1.66. The Morgan fingerprint density at radius 1 is 1.40 bits per heavy atom. The first-order valence-corrected chi connectivity index (χ1v) is 3.21. The van der Waals surface area contributed by atoms with Crippen LogP contribution in [-0.2, 0) is 0 Å². The maximum absolute atomic E-state index is 9.59. The normalized spacial score (nSPS) is 18.6. The van der Waals surface area contributed by atoms with Gasteiger partial charge < -0.3 is 10.1 Å². The van der Waals surface area contributed by atoms with Crippen LogP contribution in [0.15, 0.2) is 10.4 Å². The van der Waals surface area contributed by atoms with Gasteiger partial charge in [-0.05, 0) is 12.8 Å². The van der Waals surface area contributed by atoms with E-state index >= 15 is 0 Å². The fourth-order valence-electron chi connectivity index (χ4n) is 1.03. The molecule has 5 heteroatoms. The molecular formula is C5H9N4O-. The minimum Gasteiger partial charge on any atom is -0.775 e. The Morgan fingerprint density at radius 3 is 2.50 bits per heavy atom. The molecule has 1 fully saturated rings. The van der Waals surface area contributed by atoms with E-state index in [1.54, 1.807) is 4.90 Å². The second kappa shape index (κ2) is 3.14. The third-order valence-electron chi connectivity index (χ3n) is 1.54. The van der Waals surface area contributed by atoms with Crippen molar-refractivity contribution in [2.24, 2.45) is 10.4 Å². The van der Waals surface area contributed by atoms with Gasteiger partial charge in [-0.25, -0.2) is 5.28 Å². The summed E-state index contributed by atoms with van der Waals surface area (Å²) in [6, 6.07) is 0. The molecule has 0 amide bonds. The Bertz CT molecular complexity index is 150. The van der Waals surface area contributed by atoms with Crippen molar-refractivity contribution in [2.75, 3.05) is 13.1 Å². The molecule has 1 saturated heterocycles. The van der Waals surface area contributed by atoms with Gasteiger partial charge in [-0.15, -0.1) is 5.11 Å². The highest BCUT2D eigenvalue weighted by molar-refractivity contribution is 5.77. The number of nitrogens with one attached hydrogen (secondary N) is 1. The third kappa shape index (κ3) is 1.43. The van der Waals surface area contributed by atoms with E-state index in [4.69, 9.17) is 5.41 Å². The van der Waals surface area contributed by atoms with Crippen LogP contribution in [0.2, 0.25) is 0 Å². The van der Waals surface area contributed by atoms with Gasteiger partial charge in [0.2, 0.25) is 5.96 Å². The van der Waals surface area contributed by atoms with Gasteiger partial charge in [0.25, 0.3) is 0 Å². The van der Waals surface area contributed by atoms with Crippen LogP contribution in [0.1, 0.15) is 12.8 Å². The van der Waals surface area contributed by atoms with E-state index in [0.717, 1.165) is 25.9 Å². The maximum Gasteiger partial charge on any atom is 0.237 e. The van der Waals surface area contributed by atoms with Crippen LogP contribution in [0.3, 0.4) is 0 Å². The predicted molar refractivity (Wildman–Crippen MR) is 36.8 cm³/mol. The number of nitrogens with zero attached hydrogens (tertiary/aromatic N) is 3. The third-order valence-corrected chi connectivity index (χ3v) is 1.54. The van der Waals surface area contributed by atoms with Gasteiger partial charge in [0.1, 0.15) is 0 Å². The molecule has 0 radical (unpaired) electrons. The monoisotopic (exact) mass is 141 g/mol. The lowest BCUT2D eigenvalue weighted by Gasteiger charge is -2.12. The molecule has 0 aromatic heterocycles. The summed E-state index contributed by atoms with van der Waals surface area (Å²) < 4.78 is 0. The van der Waals surface area contributed by atoms with Crippen LogP contribution in [0, 0.1) is 10.6 Å². The molecule has 1 aliphatic heterocycles. The lowest BCUT2D eigenvalue weighted by Crippen LogP contribution is -2.24. The topological polar surface area (TPSA) is 74.9 Å². The number of guanidine groups is 1. The van der Waals surface area contributed by atoms with Crippen LogP contribution >= 0.6 is 0 Å². The Balaban J connectivity index is 2.40. The first-order valence-electron chi connectivity index (χ1n) is 3.21. The summed E-state index contributed by atoms with van der Waals surface area (Å²) in [5, 5.41) is 22.1. The zero-order chi connectivity index (χ0) is 7.40. The molecule has 56 valence electrons. The second-order valence-corrected chi connectivity index (χ2v) is 2.20. The molecule has 0 unspecified atom stereocenters. The molecule has 0 aromatic carbocycles. The van der Waals surface area contributed by atoms with Gasteiger partial charge in [0.15, 0.2) is 0 Å². The molecule has 1 heterocycles. The van der Waals surface area contributed by atoms with Gasteiger partial charge in [0, 0.05) is 13.1 Å². The van der Waals surface area contributed by atoms with Crippen molar-refractivity contribution in [2.45, 2.75) is 12.8 Å². The lowest BCUT2D eigenvalue weighted by molar-refractivity contribution is 0.507. The standard InChI is InChI=1S/C5H10N4O/c6-5(7-8-10)9-3-1-2-4-9/h1-4H2,(H2,6,7,10)/p-1. The van der Waals surface area contributed by atoms with Gasteiger partial charge in [-0.2, -0.15) is 0 Å². The maximum atomic E-state index is 9.59. The van der Waals surface area contributed by atoms with E-state index in [-0.39, 0.29) is 5.96 Å². The molecule has 1 N–H and O–H groups in total. The highest BCUT2D eigenvalue weighted by Gasteiger charge is 2.13. The fraction of sp³-hybridized carbons (Fsp3) is 0.800. The molecule has 0 aliphatic carbocycles. The average Bonchev–Trinajstić information content (AvgIpc) is 2.38. The Hall–Kier alpha value is -1.13. The van der Waals surface area contributed by atoms with Crippen molar-refractivity contribution in [3.63, 3.8) is 0 Å². The highest BCUT2D eigenvalue weighted by atomic mass is 16.5. The molecule has 0 bridgehead atoms. The molecule has 0 spiro atoms. The van der Waals surface area contributed by atoms with Gasteiger partial charge >= 0.3 is 0 Å². The number of rotatable bonds is 0. The Kier molecular flexibility index (Phi) is 2.20. The van der Waals surface area contributed by atoms with E-state index in [1.807, 2.05) is 0 Å². The first-order chi connectivity index (χ1) is 4.84. The summed E-state index contributed by atoms with van der Waals surface area (Å²) in [4.78, 5) is 1.74. The van der Waals surface area contributed by atoms with Gasteiger partial charge in [0.05, 0.1) is 0 Å². The molecule has 0 aromatic rings. The zero-order valence-corrected chi connectivity index (χ0v) is 5.58. The fourth-order valence-corrected chi connectivity index (χ4v) is 1.03. The Labute approximate surface area is 58.8 Å². The largest absolute Gasteiger partial charge is 0.775 e. The van der Waals surface area contributed by atoms with Crippen molar-refractivity contribution < 1.29 is 0 Å². The second-order valence-electron chi connectivity index (χ2n) is 2.20. The number of hydrogen-bond acceptors (Lipinski definition) is 3. The molecule has 1 rings (SSSR count). The number of likely N-dealkylation sites (tertiary alicyclic amines) is 1. The highest BCUT2D eigenvalue weighted by Crippen LogP contribution is 2.07. The van der Waals surface area contributed by atoms with Crippen molar-refractivity contribution in [3.8, 4) is 0 Å². The van der Waals surface area contributed by atoms with Crippen LogP contribution in [0.4, 0.5) is 0 Å². The van der Waals surface area contributed by atoms with Crippen molar-refractivity contribution in [3.05, 3.63) is 5.21 Å². The van der Waals surface area contributed by atoms with E-state index in [2.05, 4.69) is 10.4 Å². The van der Waals surface area contributed by atoms with E-state index in [0.29, 0.717) is 0 Å². The summed E-state index contributed by atoms with van der Waals surface area (Å²) in [5.41, 5.74) is 0. The SMILES string of the molecule is N=C(/N=N/[O-])N1CCCC1. The molecular weight excluding hydrogens is 132 g/mol. The number of hydrogen-bond donors (Lipinski definition) is 1. The molecule has 1 aliphatic rings. The van der Waals surface area contributed by atoms with Gasteiger partial charge in [-0.1, -0.05) is 0 Å². The Morgan fingerprint density at radius 2 is 2.00 bits per heavy atom. The van der Waals surface area contributed by atoms with E-state index in [1.165, 1.54) is 0 Å². The zero-order valence-electron chi connectivity index (χ0n) is 5.58. The smallest absolute Gasteiger partial charge is 0.237 e. The molecule has 0 saturated carbocycles. The summed E-state index contributed by atoms with van der Waals surface area (Å²) in [7, 11) is 0. The lowest BCUT2D eigenvalue weighted by atomic mass is 10.4. The van der Waals surface area contributed by atoms with Gasteiger partial charge in [-0.3, -0.25) is 5.41 Å². The van der Waals surface area contributed by atoms with Crippen molar-refractivity contribution >= 4 is 5.96 Å². The molecule has 10 heavy (non-hydrogen) atoms. The minimum absolute atomic E-state index is 0.00694. The van der Waals surface area contributed by atoms with E-state index < -0.39 is 0 Å². The van der Waals surface area contributed by atoms with Crippen molar-refractivity contribution in [1.82, 2.24) is 4.90 Å². The van der Waals surface area contributed by atoms with Crippen LogP contribution in [-0.4, -0.2) is 23.9 Å². The summed E-state index contributed by atoms with van der Waals surface area (Å²) in [6.07, 6.45) is 2.16.